The summed E-state index contributed by atoms with van der Waals surface area (Å²) in [6.07, 6.45) is 5.41. The highest BCUT2D eigenvalue weighted by atomic mass is 15.2. The fourth-order valence-electron chi connectivity index (χ4n) is 2.66. The Bertz CT molecular complexity index is 182. The lowest BCUT2D eigenvalue weighted by molar-refractivity contribution is 0.110. The van der Waals surface area contributed by atoms with Crippen LogP contribution in [-0.2, 0) is 0 Å². The van der Waals surface area contributed by atoms with E-state index >= 15 is 0 Å². The summed E-state index contributed by atoms with van der Waals surface area (Å²) in [5.41, 5.74) is 0. The summed E-state index contributed by atoms with van der Waals surface area (Å²) < 4.78 is 0. The third-order valence-electron chi connectivity index (χ3n) is 4.14. The zero-order valence-electron chi connectivity index (χ0n) is 11.6. The van der Waals surface area contributed by atoms with Gasteiger partial charge in [0.05, 0.1) is 0 Å². The van der Waals surface area contributed by atoms with Gasteiger partial charge in [-0.3, -0.25) is 4.90 Å². The average molecular weight is 226 g/mol. The molecule has 1 heterocycles. The van der Waals surface area contributed by atoms with Gasteiger partial charge in [0.2, 0.25) is 0 Å². The van der Waals surface area contributed by atoms with Gasteiger partial charge in [-0.05, 0) is 52.1 Å². The summed E-state index contributed by atoms with van der Waals surface area (Å²) >= 11 is 0. The summed E-state index contributed by atoms with van der Waals surface area (Å²) in [5.74, 6) is 0.939. The van der Waals surface area contributed by atoms with Crippen LogP contribution in [0.2, 0.25) is 0 Å². The lowest BCUT2D eigenvalue weighted by atomic mass is 9.93. The highest BCUT2D eigenvalue weighted by molar-refractivity contribution is 4.82. The Labute approximate surface area is 102 Å². The Morgan fingerprint density at radius 3 is 2.69 bits per heavy atom. The first-order valence-electron chi connectivity index (χ1n) is 7.16. The molecule has 1 N–H and O–H groups in total. The largest absolute Gasteiger partial charge is 0.313 e. The maximum atomic E-state index is 3.62. The molecule has 96 valence electrons. The summed E-state index contributed by atoms with van der Waals surface area (Å²) in [5, 5.41) is 3.62. The van der Waals surface area contributed by atoms with Crippen molar-refractivity contribution in [2.45, 2.75) is 65.5 Å². The maximum absolute atomic E-state index is 3.62. The molecule has 3 atom stereocenters. The number of nitrogens with zero attached hydrogens (tertiary/aromatic N) is 1. The van der Waals surface area contributed by atoms with E-state index in [9.17, 15) is 0 Å². The fraction of sp³-hybridized carbons (Fsp3) is 1.00. The van der Waals surface area contributed by atoms with Crippen LogP contribution >= 0.6 is 0 Å². The second-order valence-electron chi connectivity index (χ2n) is 5.39. The van der Waals surface area contributed by atoms with Crippen LogP contribution in [-0.4, -0.2) is 36.6 Å². The van der Waals surface area contributed by atoms with Gasteiger partial charge in [-0.2, -0.15) is 0 Å². The van der Waals surface area contributed by atoms with Gasteiger partial charge >= 0.3 is 0 Å². The quantitative estimate of drug-likeness (QED) is 0.749. The average Bonchev–Trinajstić information content (AvgIpc) is 2.35. The molecule has 1 saturated heterocycles. The minimum absolute atomic E-state index is 0.621. The van der Waals surface area contributed by atoms with Gasteiger partial charge in [0.1, 0.15) is 0 Å². The van der Waals surface area contributed by atoms with Crippen LogP contribution in [0.5, 0.6) is 0 Å². The first-order chi connectivity index (χ1) is 7.69. The van der Waals surface area contributed by atoms with E-state index in [4.69, 9.17) is 0 Å². The van der Waals surface area contributed by atoms with Gasteiger partial charge in [0, 0.05) is 18.6 Å². The predicted molar refractivity (Wildman–Crippen MR) is 71.8 cm³/mol. The van der Waals surface area contributed by atoms with Gasteiger partial charge in [0.15, 0.2) is 0 Å². The van der Waals surface area contributed by atoms with Gasteiger partial charge in [-0.1, -0.05) is 20.3 Å². The first-order valence-corrected chi connectivity index (χ1v) is 7.16. The van der Waals surface area contributed by atoms with Crippen LogP contribution in [0, 0.1) is 5.92 Å². The molecule has 1 aliphatic rings. The van der Waals surface area contributed by atoms with Crippen LogP contribution in [0.25, 0.3) is 0 Å². The first kappa shape index (κ1) is 14.0. The van der Waals surface area contributed by atoms with E-state index in [1.165, 1.54) is 38.8 Å². The lowest BCUT2D eigenvalue weighted by Gasteiger charge is -2.39. The van der Waals surface area contributed by atoms with Gasteiger partial charge in [-0.15, -0.1) is 0 Å². The summed E-state index contributed by atoms with van der Waals surface area (Å²) in [6, 6.07) is 1.30. The third kappa shape index (κ3) is 4.06. The van der Waals surface area contributed by atoms with Crippen molar-refractivity contribution >= 4 is 0 Å². The van der Waals surface area contributed by atoms with Crippen molar-refractivity contribution in [3.8, 4) is 0 Å². The Morgan fingerprint density at radius 2 is 2.06 bits per heavy atom. The maximum Gasteiger partial charge on any atom is 0.0218 e. The smallest absolute Gasteiger partial charge is 0.0218 e. The molecule has 2 nitrogen and oxygen atoms in total. The summed E-state index contributed by atoms with van der Waals surface area (Å²) in [6.45, 7) is 13.0. The van der Waals surface area contributed by atoms with Crippen molar-refractivity contribution in [1.82, 2.24) is 10.2 Å². The molecule has 1 aliphatic heterocycles. The zero-order chi connectivity index (χ0) is 12.0. The van der Waals surface area contributed by atoms with Gasteiger partial charge in [-0.25, -0.2) is 0 Å². The molecule has 0 aromatic heterocycles. The monoisotopic (exact) mass is 226 g/mol. The second kappa shape index (κ2) is 7.29. The van der Waals surface area contributed by atoms with E-state index in [1.54, 1.807) is 0 Å². The minimum Gasteiger partial charge on any atom is -0.313 e. The van der Waals surface area contributed by atoms with Crippen molar-refractivity contribution in [2.24, 2.45) is 5.92 Å². The molecule has 0 radical (unpaired) electrons. The van der Waals surface area contributed by atoms with E-state index in [-0.39, 0.29) is 0 Å². The Balaban J connectivity index is 2.36. The van der Waals surface area contributed by atoms with Crippen LogP contribution in [0.1, 0.15) is 53.4 Å². The van der Waals surface area contributed by atoms with Crippen LogP contribution in [0.4, 0.5) is 0 Å². The highest BCUT2D eigenvalue weighted by Gasteiger charge is 2.25. The standard InChI is InChI=1S/C14H30N2/c1-5-9-15-12(3)13(4)16-10-7-8-14(6-2)11-16/h12-15H,5-11H2,1-4H3. The zero-order valence-corrected chi connectivity index (χ0v) is 11.6. The molecule has 1 rings (SSSR count). The SMILES string of the molecule is CCCNC(C)C(C)N1CCCC(CC)C1. The van der Waals surface area contributed by atoms with Crippen LogP contribution < -0.4 is 5.32 Å². The number of piperidine rings is 1. The molecule has 0 amide bonds. The molecule has 16 heavy (non-hydrogen) atoms. The molecular formula is C14H30N2. The molecule has 0 bridgehead atoms. The molecule has 0 aliphatic carbocycles. The second-order valence-corrected chi connectivity index (χ2v) is 5.39. The van der Waals surface area contributed by atoms with E-state index in [0.29, 0.717) is 12.1 Å². The van der Waals surface area contributed by atoms with E-state index in [2.05, 4.69) is 37.9 Å². The highest BCUT2D eigenvalue weighted by Crippen LogP contribution is 2.21. The number of hydrogen-bond donors (Lipinski definition) is 1. The summed E-state index contributed by atoms with van der Waals surface area (Å²) in [4.78, 5) is 2.69. The van der Waals surface area contributed by atoms with E-state index < -0.39 is 0 Å². The predicted octanol–water partition coefficient (Wildman–Crippen LogP) is 2.89. The third-order valence-corrected chi connectivity index (χ3v) is 4.14. The number of likely N-dealkylation sites (tertiary alicyclic amines) is 1. The minimum atomic E-state index is 0.621. The molecule has 2 heteroatoms. The molecule has 0 aromatic carbocycles. The van der Waals surface area contributed by atoms with Crippen molar-refractivity contribution in [2.75, 3.05) is 19.6 Å². The molecule has 0 aromatic rings. The number of hydrogen-bond acceptors (Lipinski definition) is 2. The molecular weight excluding hydrogens is 196 g/mol. The number of nitrogens with one attached hydrogen (secondary N) is 1. The van der Waals surface area contributed by atoms with Crippen LogP contribution in [0.15, 0.2) is 0 Å². The number of rotatable bonds is 6. The van der Waals surface area contributed by atoms with Gasteiger partial charge < -0.3 is 5.32 Å². The Kier molecular flexibility index (Phi) is 6.37. The molecule has 0 saturated carbocycles. The molecule has 0 spiro atoms. The van der Waals surface area contributed by atoms with Crippen molar-refractivity contribution in [3.63, 3.8) is 0 Å². The Hall–Kier alpha value is -0.0800. The molecule has 3 unspecified atom stereocenters. The van der Waals surface area contributed by atoms with E-state index in [1.807, 2.05) is 0 Å². The lowest BCUT2D eigenvalue weighted by Crippen LogP contribution is -2.50. The topological polar surface area (TPSA) is 15.3 Å². The Morgan fingerprint density at radius 1 is 1.31 bits per heavy atom. The van der Waals surface area contributed by atoms with Crippen molar-refractivity contribution in [3.05, 3.63) is 0 Å². The fourth-order valence-corrected chi connectivity index (χ4v) is 2.66. The van der Waals surface area contributed by atoms with Crippen molar-refractivity contribution in [1.29, 1.82) is 0 Å². The van der Waals surface area contributed by atoms with Crippen molar-refractivity contribution < 1.29 is 0 Å². The normalized spacial score (nSPS) is 26.6. The van der Waals surface area contributed by atoms with Gasteiger partial charge in [0.25, 0.3) is 0 Å². The summed E-state index contributed by atoms with van der Waals surface area (Å²) in [7, 11) is 0. The van der Waals surface area contributed by atoms with E-state index in [0.717, 1.165) is 12.5 Å². The van der Waals surface area contributed by atoms with Crippen LogP contribution in [0.3, 0.4) is 0 Å². The molecule has 1 fully saturated rings.